The van der Waals surface area contributed by atoms with E-state index in [-0.39, 0.29) is 29.9 Å². The lowest BCUT2D eigenvalue weighted by Crippen LogP contribution is -2.15. The standard InChI is InChI=1S/C21H14ClN3O4S/c22-16-7-3-1-5-14(16)20-25-24-18(29-20)11-28-21(27)15-6-2-4-8-17(15)23-19(26)13-9-10-30-12-13/h1-10,12H,11H2,(H,23,26). The van der Waals surface area contributed by atoms with Gasteiger partial charge in [-0.3, -0.25) is 4.79 Å². The minimum absolute atomic E-state index is 0.123. The highest BCUT2D eigenvalue weighted by Crippen LogP contribution is 2.26. The first-order valence-electron chi connectivity index (χ1n) is 8.79. The van der Waals surface area contributed by atoms with Gasteiger partial charge in [-0.2, -0.15) is 11.3 Å². The fourth-order valence-electron chi connectivity index (χ4n) is 2.62. The second-order valence-corrected chi connectivity index (χ2v) is 7.26. The number of benzene rings is 2. The van der Waals surface area contributed by atoms with Crippen LogP contribution in [0.2, 0.25) is 5.02 Å². The molecule has 0 fully saturated rings. The molecule has 1 amide bonds. The summed E-state index contributed by atoms with van der Waals surface area (Å²) in [6.45, 7) is -0.219. The molecule has 0 spiro atoms. The summed E-state index contributed by atoms with van der Waals surface area (Å²) in [5.41, 5.74) is 1.67. The molecular formula is C21H14ClN3O4S. The molecule has 2 heterocycles. The predicted molar refractivity (Wildman–Crippen MR) is 113 cm³/mol. The van der Waals surface area contributed by atoms with E-state index in [9.17, 15) is 9.59 Å². The topological polar surface area (TPSA) is 94.3 Å². The van der Waals surface area contributed by atoms with Crippen LogP contribution in [0.1, 0.15) is 26.6 Å². The van der Waals surface area contributed by atoms with Gasteiger partial charge in [0, 0.05) is 5.38 Å². The van der Waals surface area contributed by atoms with Gasteiger partial charge in [-0.05, 0) is 35.7 Å². The molecule has 2 aromatic heterocycles. The number of carbonyl (C=O) groups excluding carboxylic acids is 2. The fourth-order valence-corrected chi connectivity index (χ4v) is 3.47. The zero-order chi connectivity index (χ0) is 20.9. The Morgan fingerprint density at radius 2 is 1.87 bits per heavy atom. The number of anilines is 1. The summed E-state index contributed by atoms with van der Waals surface area (Å²) in [6.07, 6.45) is 0. The van der Waals surface area contributed by atoms with Crippen molar-refractivity contribution in [3.63, 3.8) is 0 Å². The quantitative estimate of drug-likeness (QED) is 0.422. The summed E-state index contributed by atoms with van der Waals surface area (Å²) in [5, 5.41) is 14.5. The summed E-state index contributed by atoms with van der Waals surface area (Å²) < 4.78 is 10.8. The molecule has 9 heteroatoms. The van der Waals surface area contributed by atoms with Gasteiger partial charge in [-0.1, -0.05) is 35.9 Å². The highest BCUT2D eigenvalue weighted by atomic mass is 35.5. The Balaban J connectivity index is 1.44. The van der Waals surface area contributed by atoms with Gasteiger partial charge >= 0.3 is 5.97 Å². The number of esters is 1. The molecule has 0 radical (unpaired) electrons. The molecule has 150 valence electrons. The van der Waals surface area contributed by atoms with Crippen molar-refractivity contribution >= 4 is 40.5 Å². The van der Waals surface area contributed by atoms with E-state index >= 15 is 0 Å². The molecule has 0 saturated carbocycles. The molecule has 0 unspecified atom stereocenters. The summed E-state index contributed by atoms with van der Waals surface area (Å²) >= 11 is 7.54. The van der Waals surface area contributed by atoms with E-state index in [1.807, 2.05) is 0 Å². The van der Waals surface area contributed by atoms with E-state index in [0.717, 1.165) is 0 Å². The van der Waals surface area contributed by atoms with Gasteiger partial charge in [-0.15, -0.1) is 10.2 Å². The van der Waals surface area contributed by atoms with Gasteiger partial charge in [-0.25, -0.2) is 4.79 Å². The molecule has 0 aliphatic heterocycles. The molecule has 0 bridgehead atoms. The van der Waals surface area contributed by atoms with Crippen LogP contribution in [0, 0.1) is 0 Å². The zero-order valence-electron chi connectivity index (χ0n) is 15.4. The summed E-state index contributed by atoms with van der Waals surface area (Å²) in [4.78, 5) is 24.8. The van der Waals surface area contributed by atoms with Crippen molar-refractivity contribution in [1.29, 1.82) is 0 Å². The summed E-state index contributed by atoms with van der Waals surface area (Å²) in [6, 6.07) is 15.3. The molecule has 7 nitrogen and oxygen atoms in total. The van der Waals surface area contributed by atoms with Crippen LogP contribution in [0.4, 0.5) is 5.69 Å². The fraction of sp³-hybridized carbons (Fsp3) is 0.0476. The average Bonchev–Trinajstić information content (AvgIpc) is 3.45. The first-order chi connectivity index (χ1) is 14.6. The molecule has 30 heavy (non-hydrogen) atoms. The smallest absolute Gasteiger partial charge is 0.340 e. The third kappa shape index (κ3) is 4.40. The van der Waals surface area contributed by atoms with E-state index in [1.165, 1.54) is 11.3 Å². The van der Waals surface area contributed by atoms with Crippen LogP contribution in [-0.4, -0.2) is 22.1 Å². The molecule has 1 N–H and O–H groups in total. The molecule has 0 aliphatic carbocycles. The number of hydrogen-bond acceptors (Lipinski definition) is 7. The molecule has 4 aromatic rings. The lowest BCUT2D eigenvalue weighted by atomic mass is 10.1. The summed E-state index contributed by atoms with van der Waals surface area (Å²) in [7, 11) is 0. The highest BCUT2D eigenvalue weighted by Gasteiger charge is 2.17. The third-order valence-electron chi connectivity index (χ3n) is 4.08. The van der Waals surface area contributed by atoms with Crippen LogP contribution in [0.15, 0.2) is 69.8 Å². The van der Waals surface area contributed by atoms with Gasteiger partial charge in [0.1, 0.15) is 0 Å². The number of carbonyl (C=O) groups is 2. The largest absolute Gasteiger partial charge is 0.452 e. The minimum atomic E-state index is -0.631. The second-order valence-electron chi connectivity index (χ2n) is 6.07. The first kappa shape index (κ1) is 19.8. The van der Waals surface area contributed by atoms with Crippen molar-refractivity contribution in [2.45, 2.75) is 6.61 Å². The number of halogens is 1. The maximum absolute atomic E-state index is 12.6. The van der Waals surface area contributed by atoms with Crippen LogP contribution in [-0.2, 0) is 11.3 Å². The summed E-state index contributed by atoms with van der Waals surface area (Å²) in [5.74, 6) is -0.584. The van der Waals surface area contributed by atoms with E-state index in [2.05, 4.69) is 15.5 Å². The van der Waals surface area contributed by atoms with Crippen LogP contribution in [0.3, 0.4) is 0 Å². The number of nitrogens with one attached hydrogen (secondary N) is 1. The van der Waals surface area contributed by atoms with Crippen molar-refractivity contribution < 1.29 is 18.7 Å². The number of thiophene rings is 1. The molecule has 0 aliphatic rings. The Hall–Kier alpha value is -3.49. The van der Waals surface area contributed by atoms with Crippen LogP contribution in [0.5, 0.6) is 0 Å². The number of para-hydroxylation sites is 1. The third-order valence-corrected chi connectivity index (χ3v) is 5.09. The highest BCUT2D eigenvalue weighted by molar-refractivity contribution is 7.08. The maximum atomic E-state index is 12.6. The number of nitrogens with zero attached hydrogens (tertiary/aromatic N) is 2. The average molecular weight is 440 g/mol. The number of ether oxygens (including phenoxy) is 1. The van der Waals surface area contributed by atoms with Gasteiger partial charge in [0.25, 0.3) is 11.8 Å². The molecular weight excluding hydrogens is 426 g/mol. The molecule has 0 saturated heterocycles. The van der Waals surface area contributed by atoms with E-state index in [1.54, 1.807) is 65.4 Å². The number of hydrogen-bond donors (Lipinski definition) is 1. The monoisotopic (exact) mass is 439 g/mol. The van der Waals surface area contributed by atoms with Gasteiger partial charge in [0.05, 0.1) is 27.4 Å². The van der Waals surface area contributed by atoms with Crippen molar-refractivity contribution in [3.8, 4) is 11.5 Å². The van der Waals surface area contributed by atoms with Crippen molar-refractivity contribution in [3.05, 3.63) is 87.4 Å². The Kier molecular flexibility index (Phi) is 5.87. The lowest BCUT2D eigenvalue weighted by Gasteiger charge is -2.09. The van der Waals surface area contributed by atoms with Gasteiger partial charge in [0.15, 0.2) is 6.61 Å². The number of aromatic nitrogens is 2. The predicted octanol–water partition coefficient (Wildman–Crippen LogP) is 5.06. The molecule has 0 atom stereocenters. The normalized spacial score (nSPS) is 10.6. The Morgan fingerprint density at radius 3 is 2.67 bits per heavy atom. The number of rotatable bonds is 6. The minimum Gasteiger partial charge on any atom is -0.452 e. The van der Waals surface area contributed by atoms with Crippen molar-refractivity contribution in [2.24, 2.45) is 0 Å². The SMILES string of the molecule is O=C(Nc1ccccc1C(=O)OCc1nnc(-c2ccccc2Cl)o1)c1ccsc1. The van der Waals surface area contributed by atoms with Crippen LogP contribution < -0.4 is 5.32 Å². The zero-order valence-corrected chi connectivity index (χ0v) is 16.9. The van der Waals surface area contributed by atoms with Crippen molar-refractivity contribution in [1.82, 2.24) is 10.2 Å². The Morgan fingerprint density at radius 1 is 1.07 bits per heavy atom. The van der Waals surface area contributed by atoms with E-state index in [0.29, 0.717) is 21.8 Å². The van der Waals surface area contributed by atoms with Crippen LogP contribution >= 0.6 is 22.9 Å². The van der Waals surface area contributed by atoms with Gasteiger partial charge < -0.3 is 14.5 Å². The Labute approximate surface area is 180 Å². The Bertz CT molecular complexity index is 1190. The van der Waals surface area contributed by atoms with E-state index in [4.69, 9.17) is 20.8 Å². The van der Waals surface area contributed by atoms with Crippen molar-refractivity contribution in [2.75, 3.05) is 5.32 Å². The lowest BCUT2D eigenvalue weighted by molar-refractivity contribution is 0.0440. The second kappa shape index (κ2) is 8.89. The maximum Gasteiger partial charge on any atom is 0.340 e. The van der Waals surface area contributed by atoms with E-state index < -0.39 is 5.97 Å². The van der Waals surface area contributed by atoms with Crippen LogP contribution in [0.25, 0.3) is 11.5 Å². The molecule has 2 aromatic carbocycles. The number of amides is 1. The first-order valence-corrected chi connectivity index (χ1v) is 10.1. The molecule has 4 rings (SSSR count). The van der Waals surface area contributed by atoms with Gasteiger partial charge in [0.2, 0.25) is 5.89 Å².